The summed E-state index contributed by atoms with van der Waals surface area (Å²) in [6, 6.07) is 10.5. The van der Waals surface area contributed by atoms with E-state index < -0.39 is 5.97 Å². The molecule has 0 spiro atoms. The van der Waals surface area contributed by atoms with Crippen LogP contribution in [0.25, 0.3) is 5.65 Å². The summed E-state index contributed by atoms with van der Waals surface area (Å²) in [6.45, 7) is 4.11. The van der Waals surface area contributed by atoms with Crippen LogP contribution in [0.1, 0.15) is 40.2 Å². The van der Waals surface area contributed by atoms with Gasteiger partial charge in [0.25, 0.3) is 5.91 Å². The maximum Gasteiger partial charge on any atom is 0.307 e. The van der Waals surface area contributed by atoms with Gasteiger partial charge >= 0.3 is 5.97 Å². The Labute approximate surface area is 173 Å². The van der Waals surface area contributed by atoms with Crippen LogP contribution < -0.4 is 10.6 Å². The number of aliphatic carboxylic acids is 1. The maximum absolute atomic E-state index is 12.6. The van der Waals surface area contributed by atoms with E-state index >= 15 is 0 Å². The van der Waals surface area contributed by atoms with E-state index in [9.17, 15) is 14.4 Å². The van der Waals surface area contributed by atoms with Gasteiger partial charge in [-0.2, -0.15) is 0 Å². The molecule has 156 valence electrons. The number of benzene rings is 1. The minimum absolute atomic E-state index is 0.0561. The van der Waals surface area contributed by atoms with Crippen molar-refractivity contribution in [3.8, 4) is 0 Å². The Hall–Kier alpha value is -3.68. The van der Waals surface area contributed by atoms with E-state index in [2.05, 4.69) is 15.6 Å². The first-order valence-electron chi connectivity index (χ1n) is 9.68. The second kappa shape index (κ2) is 9.21. The molecular formula is C22H24N4O4. The Morgan fingerprint density at radius 3 is 2.53 bits per heavy atom. The van der Waals surface area contributed by atoms with Crippen LogP contribution in [-0.2, 0) is 16.0 Å². The minimum atomic E-state index is -0.900. The summed E-state index contributed by atoms with van der Waals surface area (Å²) in [5, 5.41) is 14.4. The van der Waals surface area contributed by atoms with Crippen LogP contribution in [0, 0.1) is 13.8 Å². The highest BCUT2D eigenvalue weighted by atomic mass is 16.4. The van der Waals surface area contributed by atoms with Gasteiger partial charge in [0, 0.05) is 24.8 Å². The van der Waals surface area contributed by atoms with Crippen molar-refractivity contribution in [3.05, 3.63) is 65.1 Å². The lowest BCUT2D eigenvalue weighted by molar-refractivity contribution is -0.136. The van der Waals surface area contributed by atoms with Crippen molar-refractivity contribution in [2.75, 3.05) is 11.9 Å². The molecule has 0 saturated carbocycles. The number of nitrogens with one attached hydrogen (secondary N) is 2. The Morgan fingerprint density at radius 2 is 1.83 bits per heavy atom. The summed E-state index contributed by atoms with van der Waals surface area (Å²) in [4.78, 5) is 39.8. The molecule has 8 heteroatoms. The van der Waals surface area contributed by atoms with E-state index in [4.69, 9.17) is 5.11 Å². The molecule has 0 aliphatic heterocycles. The van der Waals surface area contributed by atoms with E-state index in [0.29, 0.717) is 35.6 Å². The number of pyridine rings is 1. The van der Waals surface area contributed by atoms with Gasteiger partial charge in [-0.25, -0.2) is 4.98 Å². The molecule has 0 atom stereocenters. The summed E-state index contributed by atoms with van der Waals surface area (Å²) in [6.07, 6.45) is 2.50. The van der Waals surface area contributed by atoms with Gasteiger partial charge in [-0.05, 0) is 49.6 Å². The third-order valence-electron chi connectivity index (χ3n) is 4.69. The first-order chi connectivity index (χ1) is 14.3. The number of amides is 2. The van der Waals surface area contributed by atoms with Crippen molar-refractivity contribution in [1.82, 2.24) is 14.7 Å². The fourth-order valence-electron chi connectivity index (χ4n) is 3.23. The largest absolute Gasteiger partial charge is 0.481 e. The van der Waals surface area contributed by atoms with Crippen LogP contribution in [-0.4, -0.2) is 38.8 Å². The molecule has 3 N–H and O–H groups in total. The van der Waals surface area contributed by atoms with Crippen molar-refractivity contribution in [1.29, 1.82) is 0 Å². The second-order valence-electron chi connectivity index (χ2n) is 7.11. The first-order valence-corrected chi connectivity index (χ1v) is 9.68. The van der Waals surface area contributed by atoms with Gasteiger partial charge in [-0.3, -0.25) is 18.8 Å². The Morgan fingerprint density at radius 1 is 1.10 bits per heavy atom. The molecule has 0 saturated heterocycles. The van der Waals surface area contributed by atoms with Crippen molar-refractivity contribution in [2.45, 2.75) is 33.1 Å². The number of imidazole rings is 1. The van der Waals surface area contributed by atoms with Gasteiger partial charge in [0.1, 0.15) is 11.3 Å². The molecule has 8 nitrogen and oxygen atoms in total. The predicted molar refractivity (Wildman–Crippen MR) is 113 cm³/mol. The minimum Gasteiger partial charge on any atom is -0.481 e. The van der Waals surface area contributed by atoms with Gasteiger partial charge in [-0.1, -0.05) is 18.2 Å². The summed E-state index contributed by atoms with van der Waals surface area (Å²) < 4.78 is 1.78. The molecule has 0 aliphatic rings. The second-order valence-corrected chi connectivity index (χ2v) is 7.11. The highest BCUT2D eigenvalue weighted by molar-refractivity contribution is 5.95. The fourth-order valence-corrected chi connectivity index (χ4v) is 3.23. The fraction of sp³-hybridized carbons (Fsp3) is 0.273. The smallest absolute Gasteiger partial charge is 0.307 e. The summed E-state index contributed by atoms with van der Waals surface area (Å²) in [5.74, 6) is -1.29. The zero-order valence-electron chi connectivity index (χ0n) is 16.9. The van der Waals surface area contributed by atoms with Gasteiger partial charge in [0.05, 0.1) is 12.1 Å². The number of fused-ring (bicyclic) bond motifs is 1. The number of anilines is 1. The van der Waals surface area contributed by atoms with E-state index in [-0.39, 0.29) is 24.7 Å². The molecule has 2 aromatic heterocycles. The van der Waals surface area contributed by atoms with Crippen molar-refractivity contribution < 1.29 is 19.5 Å². The van der Waals surface area contributed by atoms with Crippen molar-refractivity contribution in [2.24, 2.45) is 0 Å². The van der Waals surface area contributed by atoms with Gasteiger partial charge < -0.3 is 15.7 Å². The van der Waals surface area contributed by atoms with Crippen LogP contribution in [0.4, 0.5) is 5.69 Å². The third kappa shape index (κ3) is 5.02. The van der Waals surface area contributed by atoms with Crippen molar-refractivity contribution in [3.63, 3.8) is 0 Å². The van der Waals surface area contributed by atoms with Crippen LogP contribution in [0.2, 0.25) is 0 Å². The van der Waals surface area contributed by atoms with E-state index in [1.54, 1.807) is 35.6 Å². The van der Waals surface area contributed by atoms with Gasteiger partial charge in [0.15, 0.2) is 0 Å². The summed E-state index contributed by atoms with van der Waals surface area (Å²) in [7, 11) is 0. The number of carboxylic acid groups (broad SMARTS) is 1. The zero-order valence-corrected chi connectivity index (χ0v) is 16.9. The molecule has 3 rings (SSSR count). The number of nitrogens with zero attached hydrogens (tertiary/aromatic N) is 2. The maximum atomic E-state index is 12.6. The molecular weight excluding hydrogens is 384 g/mol. The van der Waals surface area contributed by atoms with Crippen molar-refractivity contribution >= 4 is 29.1 Å². The molecule has 30 heavy (non-hydrogen) atoms. The molecule has 1 aromatic carbocycles. The topological polar surface area (TPSA) is 113 Å². The Balaban J connectivity index is 1.47. The molecule has 0 aliphatic carbocycles. The number of rotatable bonds is 8. The molecule has 3 aromatic rings. The Bertz CT molecular complexity index is 1090. The first kappa shape index (κ1) is 21.0. The Kier molecular flexibility index (Phi) is 6.46. The molecule has 0 unspecified atom stereocenters. The highest BCUT2D eigenvalue weighted by Gasteiger charge is 2.17. The zero-order chi connectivity index (χ0) is 21.7. The van der Waals surface area contributed by atoms with Crippen LogP contribution >= 0.6 is 0 Å². The number of aryl methyl sites for hydroxylation is 2. The number of carbonyl (C=O) groups is 3. The lowest BCUT2D eigenvalue weighted by atomic mass is 10.1. The molecule has 0 radical (unpaired) electrons. The number of carboxylic acids is 1. The number of hydrogen-bond acceptors (Lipinski definition) is 4. The molecule has 0 fully saturated rings. The van der Waals surface area contributed by atoms with E-state index in [1.807, 2.05) is 25.3 Å². The standard InChI is InChI=1S/C22H24N4O4/c1-14-5-4-12-26-20(15(2)24-21(14)26)22(30)23-11-3-6-18(27)25-17-9-7-16(8-10-17)13-19(28)29/h4-5,7-10,12H,3,6,11,13H2,1-2H3,(H,23,30)(H,25,27)(H,28,29). The third-order valence-corrected chi connectivity index (χ3v) is 4.69. The molecule has 0 bridgehead atoms. The lowest BCUT2D eigenvalue weighted by Crippen LogP contribution is -2.27. The summed E-state index contributed by atoms with van der Waals surface area (Å²) >= 11 is 0. The SMILES string of the molecule is Cc1nc2c(C)cccn2c1C(=O)NCCCC(=O)Nc1ccc(CC(=O)O)cc1. The van der Waals surface area contributed by atoms with E-state index in [0.717, 1.165) is 11.2 Å². The summed E-state index contributed by atoms with van der Waals surface area (Å²) in [5.41, 5.74) is 4.18. The number of hydrogen-bond donors (Lipinski definition) is 3. The van der Waals surface area contributed by atoms with Crippen LogP contribution in [0.5, 0.6) is 0 Å². The van der Waals surface area contributed by atoms with Crippen LogP contribution in [0.15, 0.2) is 42.6 Å². The van der Waals surface area contributed by atoms with Gasteiger partial charge in [0.2, 0.25) is 5.91 Å². The van der Waals surface area contributed by atoms with Crippen LogP contribution in [0.3, 0.4) is 0 Å². The normalized spacial score (nSPS) is 10.7. The lowest BCUT2D eigenvalue weighted by Gasteiger charge is -2.08. The number of aromatic nitrogens is 2. The average Bonchev–Trinajstić information content (AvgIpc) is 3.04. The molecule has 2 amide bonds. The van der Waals surface area contributed by atoms with Gasteiger partial charge in [-0.15, -0.1) is 0 Å². The number of carbonyl (C=O) groups excluding carboxylic acids is 2. The van der Waals surface area contributed by atoms with E-state index in [1.165, 1.54) is 0 Å². The predicted octanol–water partition coefficient (Wildman–Crippen LogP) is 2.73. The quantitative estimate of drug-likeness (QED) is 0.496. The monoisotopic (exact) mass is 408 g/mol. The highest BCUT2D eigenvalue weighted by Crippen LogP contribution is 2.15. The molecule has 2 heterocycles. The average molecular weight is 408 g/mol.